The van der Waals surface area contributed by atoms with Gasteiger partial charge in [0, 0.05) is 40.2 Å². The second-order valence-corrected chi connectivity index (χ2v) is 7.93. The molecule has 3 nitrogen and oxygen atoms in total. The van der Waals surface area contributed by atoms with Gasteiger partial charge in [-0.05, 0) is 49.6 Å². The van der Waals surface area contributed by atoms with E-state index in [0.717, 1.165) is 45.4 Å². The molecule has 26 heavy (non-hydrogen) atoms. The first kappa shape index (κ1) is 17.2. The van der Waals surface area contributed by atoms with E-state index in [-0.39, 0.29) is 17.6 Å². The van der Waals surface area contributed by atoms with Crippen molar-refractivity contribution in [3.8, 4) is 0 Å². The molecular formula is C22H20BrNO2. The highest BCUT2D eigenvalue weighted by Gasteiger charge is 2.39. The van der Waals surface area contributed by atoms with Crippen molar-refractivity contribution in [3.05, 3.63) is 75.4 Å². The molecule has 0 aromatic heterocycles. The molecule has 0 bridgehead atoms. The quantitative estimate of drug-likeness (QED) is 0.675. The summed E-state index contributed by atoms with van der Waals surface area (Å²) >= 11 is 3.44. The van der Waals surface area contributed by atoms with Gasteiger partial charge in [-0.1, -0.05) is 45.8 Å². The Hall–Kier alpha value is -2.20. The van der Waals surface area contributed by atoms with Crippen LogP contribution in [0.5, 0.6) is 0 Å². The van der Waals surface area contributed by atoms with Crippen molar-refractivity contribution in [2.75, 3.05) is 4.90 Å². The molecule has 2 aliphatic rings. The molecule has 4 heteroatoms. The van der Waals surface area contributed by atoms with Crippen molar-refractivity contribution >= 4 is 33.3 Å². The van der Waals surface area contributed by atoms with Crippen LogP contribution in [0.1, 0.15) is 42.7 Å². The highest BCUT2D eigenvalue weighted by Crippen LogP contribution is 2.43. The number of carbonyl (C=O) groups excluding carboxylic acids is 2. The summed E-state index contributed by atoms with van der Waals surface area (Å²) in [7, 11) is 0. The zero-order chi connectivity index (χ0) is 18.3. The van der Waals surface area contributed by atoms with Gasteiger partial charge in [-0.25, -0.2) is 0 Å². The maximum absolute atomic E-state index is 13.1. The van der Waals surface area contributed by atoms with E-state index in [4.69, 9.17) is 0 Å². The van der Waals surface area contributed by atoms with E-state index in [9.17, 15) is 9.59 Å². The Morgan fingerprint density at radius 2 is 1.81 bits per heavy atom. The van der Waals surface area contributed by atoms with Crippen LogP contribution in [0.2, 0.25) is 0 Å². The zero-order valence-corrected chi connectivity index (χ0v) is 16.3. The Morgan fingerprint density at radius 1 is 1.04 bits per heavy atom. The summed E-state index contributed by atoms with van der Waals surface area (Å²) in [5, 5.41) is 0. The number of hydrogen-bond acceptors (Lipinski definition) is 2. The Labute approximate surface area is 161 Å². The topological polar surface area (TPSA) is 37.4 Å². The zero-order valence-electron chi connectivity index (χ0n) is 14.7. The van der Waals surface area contributed by atoms with Crippen LogP contribution >= 0.6 is 15.9 Å². The van der Waals surface area contributed by atoms with Gasteiger partial charge in [-0.15, -0.1) is 0 Å². The van der Waals surface area contributed by atoms with Crippen LogP contribution in [-0.4, -0.2) is 11.7 Å². The van der Waals surface area contributed by atoms with Crippen LogP contribution in [0, 0.1) is 6.92 Å². The number of ketones is 1. The predicted molar refractivity (Wildman–Crippen MR) is 106 cm³/mol. The van der Waals surface area contributed by atoms with Crippen LogP contribution in [0.15, 0.2) is 64.3 Å². The fourth-order valence-corrected chi connectivity index (χ4v) is 4.32. The molecule has 0 N–H and O–H groups in total. The lowest BCUT2D eigenvalue weighted by Crippen LogP contribution is -2.40. The molecule has 2 aromatic rings. The van der Waals surface area contributed by atoms with Gasteiger partial charge in [0.25, 0.3) is 0 Å². The summed E-state index contributed by atoms with van der Waals surface area (Å²) in [6.07, 6.45) is 2.48. The highest BCUT2D eigenvalue weighted by atomic mass is 79.9. The Balaban J connectivity index is 1.85. The lowest BCUT2D eigenvalue weighted by atomic mass is 9.77. The first-order valence-corrected chi connectivity index (χ1v) is 9.75. The molecule has 4 rings (SSSR count). The maximum atomic E-state index is 13.1. The maximum Gasteiger partial charge on any atom is 0.232 e. The number of allylic oxidation sites excluding steroid dienone is 2. The molecular weight excluding hydrogens is 390 g/mol. The van der Waals surface area contributed by atoms with Crippen molar-refractivity contribution in [1.29, 1.82) is 0 Å². The summed E-state index contributed by atoms with van der Waals surface area (Å²) in [4.78, 5) is 27.7. The third-order valence-corrected chi connectivity index (χ3v) is 5.73. The SMILES string of the molecule is Cc1cccc(C2CC(=O)N(c3ccc(Br)cc3)C3=C2C(=O)CCC3)c1. The van der Waals surface area contributed by atoms with Gasteiger partial charge in [0.1, 0.15) is 0 Å². The fourth-order valence-electron chi connectivity index (χ4n) is 4.05. The molecule has 1 heterocycles. The minimum absolute atomic E-state index is 0.0623. The van der Waals surface area contributed by atoms with E-state index >= 15 is 0 Å². The standard InChI is InChI=1S/C22H20BrNO2/c1-14-4-2-5-15(12-14)18-13-21(26)24(17-10-8-16(23)9-11-17)19-6-3-7-20(25)22(18)19/h2,4-5,8-12,18H,3,6-7,13H2,1H3. The van der Waals surface area contributed by atoms with Gasteiger partial charge >= 0.3 is 0 Å². The van der Waals surface area contributed by atoms with Gasteiger partial charge in [0.2, 0.25) is 5.91 Å². The molecule has 0 radical (unpaired) electrons. The van der Waals surface area contributed by atoms with Crippen molar-refractivity contribution in [1.82, 2.24) is 0 Å². The fraction of sp³-hybridized carbons (Fsp3) is 0.273. The number of amides is 1. The third-order valence-electron chi connectivity index (χ3n) is 5.20. The number of benzene rings is 2. The first-order chi connectivity index (χ1) is 12.5. The average molecular weight is 410 g/mol. The summed E-state index contributed by atoms with van der Waals surface area (Å²) in [6.45, 7) is 2.04. The smallest absolute Gasteiger partial charge is 0.232 e. The number of Topliss-reactive ketones (excluding diaryl/α,β-unsaturated/α-hetero) is 1. The number of hydrogen-bond donors (Lipinski definition) is 0. The van der Waals surface area contributed by atoms with Crippen LogP contribution in [-0.2, 0) is 9.59 Å². The second-order valence-electron chi connectivity index (χ2n) is 7.01. The largest absolute Gasteiger partial charge is 0.294 e. The van der Waals surface area contributed by atoms with Crippen molar-refractivity contribution in [3.63, 3.8) is 0 Å². The molecule has 1 aliphatic heterocycles. The summed E-state index contributed by atoms with van der Waals surface area (Å²) in [6, 6.07) is 15.9. The van der Waals surface area contributed by atoms with Crippen LogP contribution in [0.4, 0.5) is 5.69 Å². The van der Waals surface area contributed by atoms with Gasteiger partial charge < -0.3 is 0 Å². The third kappa shape index (κ3) is 3.03. The van der Waals surface area contributed by atoms with Gasteiger partial charge in [-0.3, -0.25) is 14.5 Å². The summed E-state index contributed by atoms with van der Waals surface area (Å²) < 4.78 is 0.970. The van der Waals surface area contributed by atoms with Crippen molar-refractivity contribution in [2.24, 2.45) is 0 Å². The number of carbonyl (C=O) groups is 2. The van der Waals surface area contributed by atoms with Crippen LogP contribution < -0.4 is 4.90 Å². The average Bonchev–Trinajstić information content (AvgIpc) is 2.62. The van der Waals surface area contributed by atoms with Gasteiger partial charge in [0.05, 0.1) is 0 Å². The Morgan fingerprint density at radius 3 is 2.54 bits per heavy atom. The van der Waals surface area contributed by atoms with Gasteiger partial charge in [-0.2, -0.15) is 0 Å². The molecule has 0 fully saturated rings. The number of anilines is 1. The van der Waals surface area contributed by atoms with E-state index in [1.165, 1.54) is 0 Å². The number of nitrogens with zero attached hydrogens (tertiary/aromatic N) is 1. The van der Waals surface area contributed by atoms with Crippen LogP contribution in [0.25, 0.3) is 0 Å². The molecule has 0 spiro atoms. The molecule has 0 saturated carbocycles. The highest BCUT2D eigenvalue weighted by molar-refractivity contribution is 9.10. The van der Waals surface area contributed by atoms with E-state index in [2.05, 4.69) is 22.0 Å². The summed E-state index contributed by atoms with van der Waals surface area (Å²) in [5.74, 6) is 0.122. The number of rotatable bonds is 2. The number of aryl methyl sites for hydroxylation is 1. The Bertz CT molecular complexity index is 914. The summed E-state index contributed by atoms with van der Waals surface area (Å²) in [5.41, 5.74) is 4.78. The van der Waals surface area contributed by atoms with Gasteiger partial charge in [0.15, 0.2) is 5.78 Å². The molecule has 1 amide bonds. The molecule has 1 unspecified atom stereocenters. The normalized spacial score (nSPS) is 20.4. The molecule has 1 atom stereocenters. The monoisotopic (exact) mass is 409 g/mol. The lowest BCUT2D eigenvalue weighted by molar-refractivity contribution is -0.119. The van der Waals surface area contributed by atoms with Crippen LogP contribution in [0.3, 0.4) is 0 Å². The van der Waals surface area contributed by atoms with E-state index in [0.29, 0.717) is 12.8 Å². The minimum Gasteiger partial charge on any atom is -0.294 e. The Kier molecular flexibility index (Phi) is 4.53. The number of halogens is 1. The first-order valence-electron chi connectivity index (χ1n) is 8.96. The van der Waals surface area contributed by atoms with E-state index in [1.807, 2.05) is 49.4 Å². The van der Waals surface area contributed by atoms with Crippen molar-refractivity contribution in [2.45, 2.75) is 38.5 Å². The second kappa shape index (κ2) is 6.84. The predicted octanol–water partition coefficient (Wildman–Crippen LogP) is 5.29. The molecule has 1 aliphatic carbocycles. The van der Waals surface area contributed by atoms with Crippen molar-refractivity contribution < 1.29 is 9.59 Å². The molecule has 0 saturated heterocycles. The van der Waals surface area contributed by atoms with E-state index < -0.39 is 0 Å². The minimum atomic E-state index is -0.128. The van der Waals surface area contributed by atoms with E-state index in [1.54, 1.807) is 4.90 Å². The molecule has 2 aromatic carbocycles. The molecule has 132 valence electrons. The lowest BCUT2D eigenvalue weighted by Gasteiger charge is -2.38.